The lowest BCUT2D eigenvalue weighted by Crippen LogP contribution is -2.40. The number of para-hydroxylation sites is 1. The molecule has 8 heteroatoms. The van der Waals surface area contributed by atoms with Crippen LogP contribution >= 0.6 is 0 Å². The van der Waals surface area contributed by atoms with Gasteiger partial charge in [0, 0.05) is 18.7 Å². The normalized spacial score (nSPS) is 21.9. The first kappa shape index (κ1) is 21.7. The van der Waals surface area contributed by atoms with Crippen molar-refractivity contribution in [3.05, 3.63) is 23.8 Å². The monoisotopic (exact) mass is 423 g/mol. The van der Waals surface area contributed by atoms with Crippen LogP contribution in [0.25, 0.3) is 0 Å². The van der Waals surface area contributed by atoms with E-state index in [1.165, 1.54) is 12.8 Å². The van der Waals surface area contributed by atoms with Crippen molar-refractivity contribution in [1.29, 1.82) is 0 Å². The van der Waals surface area contributed by atoms with Crippen molar-refractivity contribution >= 4 is 15.8 Å². The Hall–Kier alpha value is -1.96. The summed E-state index contributed by atoms with van der Waals surface area (Å²) in [5.74, 6) is 2.89. The molecule has 1 aromatic rings. The molecule has 0 spiro atoms. The molecular weight excluding hydrogens is 390 g/mol. The van der Waals surface area contributed by atoms with Gasteiger partial charge in [0.1, 0.15) is 0 Å². The fourth-order valence-electron chi connectivity index (χ4n) is 3.93. The number of hydrogen-bond donors (Lipinski definition) is 2. The topological polar surface area (TPSA) is 89.0 Å². The van der Waals surface area contributed by atoms with E-state index in [0.29, 0.717) is 31.2 Å². The Labute approximate surface area is 174 Å². The number of guanidine groups is 1. The highest BCUT2D eigenvalue weighted by molar-refractivity contribution is 7.91. The Morgan fingerprint density at radius 3 is 2.66 bits per heavy atom. The second-order valence-corrected chi connectivity index (χ2v) is 10.0. The van der Waals surface area contributed by atoms with E-state index >= 15 is 0 Å². The van der Waals surface area contributed by atoms with Crippen molar-refractivity contribution in [2.45, 2.75) is 51.7 Å². The summed E-state index contributed by atoms with van der Waals surface area (Å²) in [4.78, 5) is 4.70. The summed E-state index contributed by atoms with van der Waals surface area (Å²) in [6.45, 7) is 3.81. The maximum absolute atomic E-state index is 11.7. The van der Waals surface area contributed by atoms with Gasteiger partial charge < -0.3 is 20.1 Å². The van der Waals surface area contributed by atoms with Crippen LogP contribution in [0.5, 0.6) is 11.5 Å². The molecule has 1 aliphatic carbocycles. The number of ether oxygens (including phenoxy) is 2. The third-order valence-electron chi connectivity index (χ3n) is 5.50. The van der Waals surface area contributed by atoms with Gasteiger partial charge in [-0.3, -0.25) is 0 Å². The second kappa shape index (κ2) is 10.2. The summed E-state index contributed by atoms with van der Waals surface area (Å²) in [5.41, 5.74) is 0.983. The SMILES string of the molecule is CCNC(=NCc1cccc(OC)c1OC1CCCC1)NCC1CCS(=O)(=O)C1. The van der Waals surface area contributed by atoms with E-state index in [2.05, 4.69) is 10.6 Å². The molecule has 3 rings (SSSR count). The number of aliphatic imine (C=N–C) groups is 1. The molecule has 1 aromatic carbocycles. The van der Waals surface area contributed by atoms with Gasteiger partial charge >= 0.3 is 0 Å². The summed E-state index contributed by atoms with van der Waals surface area (Å²) in [7, 11) is -1.21. The Morgan fingerprint density at radius 2 is 2.00 bits per heavy atom. The summed E-state index contributed by atoms with van der Waals surface area (Å²) in [5, 5.41) is 6.53. The van der Waals surface area contributed by atoms with E-state index in [9.17, 15) is 8.42 Å². The van der Waals surface area contributed by atoms with Crippen LogP contribution in [0.2, 0.25) is 0 Å². The van der Waals surface area contributed by atoms with Gasteiger partial charge in [-0.2, -0.15) is 0 Å². The van der Waals surface area contributed by atoms with Crippen molar-refractivity contribution in [2.24, 2.45) is 10.9 Å². The standard InChI is InChI=1S/C21H33N3O4S/c1-3-22-21(23-13-16-11-12-29(25,26)15-16)24-14-17-7-6-10-19(27-2)20(17)28-18-8-4-5-9-18/h6-7,10,16,18H,3-5,8-9,11-15H2,1-2H3,(H2,22,23,24). The lowest BCUT2D eigenvalue weighted by Gasteiger charge is -2.19. The summed E-state index contributed by atoms with van der Waals surface area (Å²) in [6, 6.07) is 5.89. The van der Waals surface area contributed by atoms with Crippen LogP contribution in [0.1, 0.15) is 44.6 Å². The number of methoxy groups -OCH3 is 1. The first-order chi connectivity index (χ1) is 14.0. The number of nitrogens with one attached hydrogen (secondary N) is 2. The van der Waals surface area contributed by atoms with Gasteiger partial charge in [0.05, 0.1) is 31.3 Å². The predicted molar refractivity (Wildman–Crippen MR) is 115 cm³/mol. The van der Waals surface area contributed by atoms with E-state index in [0.717, 1.165) is 36.4 Å². The van der Waals surface area contributed by atoms with E-state index in [1.807, 2.05) is 25.1 Å². The van der Waals surface area contributed by atoms with Gasteiger partial charge in [-0.05, 0) is 51.0 Å². The highest BCUT2D eigenvalue weighted by Gasteiger charge is 2.27. The zero-order valence-electron chi connectivity index (χ0n) is 17.4. The zero-order valence-corrected chi connectivity index (χ0v) is 18.3. The maximum Gasteiger partial charge on any atom is 0.191 e. The minimum atomic E-state index is -2.87. The highest BCUT2D eigenvalue weighted by Crippen LogP contribution is 2.35. The summed E-state index contributed by atoms with van der Waals surface area (Å²) < 4.78 is 35.1. The lowest BCUT2D eigenvalue weighted by atomic mass is 10.1. The molecule has 1 saturated carbocycles. The molecule has 0 amide bonds. The molecule has 29 heavy (non-hydrogen) atoms. The minimum Gasteiger partial charge on any atom is -0.493 e. The molecule has 0 radical (unpaired) electrons. The van der Waals surface area contributed by atoms with E-state index in [4.69, 9.17) is 14.5 Å². The smallest absolute Gasteiger partial charge is 0.191 e. The van der Waals surface area contributed by atoms with Gasteiger partial charge in [-0.25, -0.2) is 13.4 Å². The predicted octanol–water partition coefficient (Wildman–Crippen LogP) is 2.51. The molecule has 1 unspecified atom stereocenters. The van der Waals surface area contributed by atoms with Crippen LogP contribution in [0.4, 0.5) is 0 Å². The molecule has 7 nitrogen and oxygen atoms in total. The fraction of sp³-hybridized carbons (Fsp3) is 0.667. The molecule has 0 bridgehead atoms. The molecule has 2 fully saturated rings. The average Bonchev–Trinajstić information content (AvgIpc) is 3.33. The molecule has 162 valence electrons. The Balaban J connectivity index is 1.67. The molecule has 1 heterocycles. The third-order valence-corrected chi connectivity index (χ3v) is 7.34. The quantitative estimate of drug-likeness (QED) is 0.493. The summed E-state index contributed by atoms with van der Waals surface area (Å²) >= 11 is 0. The zero-order chi connectivity index (χ0) is 20.7. The second-order valence-electron chi connectivity index (χ2n) is 7.82. The number of hydrogen-bond acceptors (Lipinski definition) is 5. The average molecular weight is 424 g/mol. The van der Waals surface area contributed by atoms with E-state index in [-0.39, 0.29) is 17.8 Å². The molecule has 2 N–H and O–H groups in total. The van der Waals surface area contributed by atoms with Crippen LogP contribution in [-0.2, 0) is 16.4 Å². The molecular formula is C21H33N3O4S. The van der Waals surface area contributed by atoms with Crippen molar-refractivity contribution < 1.29 is 17.9 Å². The van der Waals surface area contributed by atoms with Gasteiger partial charge in [0.25, 0.3) is 0 Å². The van der Waals surface area contributed by atoms with Crippen LogP contribution in [0, 0.1) is 5.92 Å². The van der Waals surface area contributed by atoms with Crippen molar-refractivity contribution in [1.82, 2.24) is 10.6 Å². The van der Waals surface area contributed by atoms with E-state index in [1.54, 1.807) is 7.11 Å². The van der Waals surface area contributed by atoms with E-state index < -0.39 is 9.84 Å². The Kier molecular flexibility index (Phi) is 7.64. The van der Waals surface area contributed by atoms with Crippen LogP contribution in [-0.4, -0.2) is 52.2 Å². The van der Waals surface area contributed by atoms with Gasteiger partial charge in [-0.15, -0.1) is 0 Å². The van der Waals surface area contributed by atoms with Crippen LogP contribution < -0.4 is 20.1 Å². The minimum absolute atomic E-state index is 0.141. The Bertz CT molecular complexity index is 804. The number of sulfone groups is 1. The fourth-order valence-corrected chi connectivity index (χ4v) is 5.80. The molecule has 1 aliphatic heterocycles. The molecule has 1 saturated heterocycles. The number of rotatable bonds is 8. The molecule has 1 atom stereocenters. The molecule has 2 aliphatic rings. The van der Waals surface area contributed by atoms with Gasteiger partial charge in [0.2, 0.25) is 0 Å². The molecule has 0 aromatic heterocycles. The largest absolute Gasteiger partial charge is 0.493 e. The van der Waals surface area contributed by atoms with Gasteiger partial charge in [0.15, 0.2) is 27.3 Å². The van der Waals surface area contributed by atoms with Crippen molar-refractivity contribution in [3.63, 3.8) is 0 Å². The third kappa shape index (κ3) is 6.26. The summed E-state index contributed by atoms with van der Waals surface area (Å²) in [6.07, 6.45) is 5.52. The van der Waals surface area contributed by atoms with Crippen molar-refractivity contribution in [3.8, 4) is 11.5 Å². The number of nitrogens with zero attached hydrogens (tertiary/aromatic N) is 1. The maximum atomic E-state index is 11.7. The van der Waals surface area contributed by atoms with Gasteiger partial charge in [-0.1, -0.05) is 12.1 Å². The van der Waals surface area contributed by atoms with Crippen LogP contribution in [0.3, 0.4) is 0 Å². The first-order valence-electron chi connectivity index (χ1n) is 10.6. The highest BCUT2D eigenvalue weighted by atomic mass is 32.2. The number of benzene rings is 1. The Morgan fingerprint density at radius 1 is 1.21 bits per heavy atom. The van der Waals surface area contributed by atoms with Crippen molar-refractivity contribution in [2.75, 3.05) is 31.7 Å². The van der Waals surface area contributed by atoms with Crippen LogP contribution in [0.15, 0.2) is 23.2 Å². The first-order valence-corrected chi connectivity index (χ1v) is 12.4. The lowest BCUT2D eigenvalue weighted by molar-refractivity contribution is 0.198.